The molecule has 1 N–H and O–H groups in total. The van der Waals surface area contributed by atoms with Crippen LogP contribution in [0, 0.1) is 3.57 Å². The Morgan fingerprint density at radius 1 is 1.30 bits per heavy atom. The van der Waals surface area contributed by atoms with Gasteiger partial charge in [-0.15, -0.1) is 5.10 Å². The molecule has 7 heteroatoms. The van der Waals surface area contributed by atoms with Crippen molar-refractivity contribution in [1.82, 2.24) is 15.0 Å². The van der Waals surface area contributed by atoms with Gasteiger partial charge < -0.3 is 5.11 Å². The second-order valence-corrected chi connectivity index (χ2v) is 5.73. The predicted molar refractivity (Wildman–Crippen MR) is 83.6 cm³/mol. The molecule has 0 bridgehead atoms. The Morgan fingerprint density at radius 3 is 2.80 bits per heavy atom. The van der Waals surface area contributed by atoms with Crippen molar-refractivity contribution in [3.8, 4) is 5.69 Å². The average molecular weight is 400 g/mol. The van der Waals surface area contributed by atoms with Gasteiger partial charge in [-0.3, -0.25) is 0 Å². The standard InChI is InChI=1S/C13H7ClIN3O2/c14-9-6-7(15)4-5-11(9)18-12-8(13(19)20)2-1-3-10(12)16-17-18/h1-6H,(H,19,20). The number of carboxylic acid groups (broad SMARTS) is 1. The summed E-state index contributed by atoms with van der Waals surface area (Å²) in [5.74, 6) is -1.03. The second-order valence-electron chi connectivity index (χ2n) is 4.08. The average Bonchev–Trinajstić information content (AvgIpc) is 2.82. The van der Waals surface area contributed by atoms with E-state index in [1.54, 1.807) is 24.3 Å². The quantitative estimate of drug-likeness (QED) is 0.671. The van der Waals surface area contributed by atoms with Crippen molar-refractivity contribution in [3.63, 3.8) is 0 Å². The number of halogens is 2. The van der Waals surface area contributed by atoms with E-state index in [1.807, 2.05) is 6.07 Å². The minimum Gasteiger partial charge on any atom is -0.478 e. The number of nitrogens with zero attached hydrogens (tertiary/aromatic N) is 3. The number of carboxylic acids is 1. The van der Waals surface area contributed by atoms with Gasteiger partial charge in [0.25, 0.3) is 0 Å². The van der Waals surface area contributed by atoms with Crippen LogP contribution < -0.4 is 0 Å². The molecule has 2 aromatic carbocycles. The summed E-state index contributed by atoms with van der Waals surface area (Å²) < 4.78 is 2.44. The molecule has 0 atom stereocenters. The highest BCUT2D eigenvalue weighted by atomic mass is 127. The number of benzene rings is 2. The van der Waals surface area contributed by atoms with Crippen molar-refractivity contribution < 1.29 is 9.90 Å². The first kappa shape index (κ1) is 13.3. The van der Waals surface area contributed by atoms with E-state index < -0.39 is 5.97 Å². The molecule has 0 radical (unpaired) electrons. The number of hydrogen-bond donors (Lipinski definition) is 1. The molecule has 0 unspecified atom stereocenters. The fraction of sp³-hybridized carbons (Fsp3) is 0. The first-order valence-electron chi connectivity index (χ1n) is 5.61. The maximum absolute atomic E-state index is 11.3. The highest BCUT2D eigenvalue weighted by Crippen LogP contribution is 2.26. The summed E-state index contributed by atoms with van der Waals surface area (Å²) in [5.41, 5.74) is 1.69. The van der Waals surface area contributed by atoms with Crippen LogP contribution in [-0.4, -0.2) is 26.1 Å². The summed E-state index contributed by atoms with van der Waals surface area (Å²) in [4.78, 5) is 11.3. The Bertz CT molecular complexity index is 832. The van der Waals surface area contributed by atoms with Crippen LogP contribution in [0.3, 0.4) is 0 Å². The van der Waals surface area contributed by atoms with Gasteiger partial charge in [0.1, 0.15) is 11.0 Å². The molecule has 5 nitrogen and oxygen atoms in total. The molecule has 20 heavy (non-hydrogen) atoms. The van der Waals surface area contributed by atoms with Crippen molar-refractivity contribution >= 4 is 51.2 Å². The molecule has 0 spiro atoms. The van der Waals surface area contributed by atoms with Gasteiger partial charge in [-0.1, -0.05) is 22.9 Å². The molecule has 1 aromatic heterocycles. The molecule has 3 aromatic rings. The van der Waals surface area contributed by atoms with E-state index in [0.717, 1.165) is 3.57 Å². The number of fused-ring (bicyclic) bond motifs is 1. The molecule has 0 aliphatic rings. The monoisotopic (exact) mass is 399 g/mol. The zero-order valence-corrected chi connectivity index (χ0v) is 12.8. The number of aromatic nitrogens is 3. The van der Waals surface area contributed by atoms with Crippen LogP contribution in [0.2, 0.25) is 5.02 Å². The van der Waals surface area contributed by atoms with Crippen LogP contribution in [0.5, 0.6) is 0 Å². The van der Waals surface area contributed by atoms with Crippen molar-refractivity contribution in [2.75, 3.05) is 0 Å². The topological polar surface area (TPSA) is 68.0 Å². The molecule has 3 rings (SSSR count). The summed E-state index contributed by atoms with van der Waals surface area (Å²) >= 11 is 8.36. The van der Waals surface area contributed by atoms with Crippen molar-refractivity contribution in [2.24, 2.45) is 0 Å². The van der Waals surface area contributed by atoms with Crippen LogP contribution in [0.25, 0.3) is 16.7 Å². The first-order valence-corrected chi connectivity index (χ1v) is 7.07. The normalized spacial score (nSPS) is 10.9. The van der Waals surface area contributed by atoms with E-state index in [2.05, 4.69) is 32.9 Å². The summed E-state index contributed by atoms with van der Waals surface area (Å²) in [6.07, 6.45) is 0. The molecular weight excluding hydrogens is 393 g/mol. The lowest BCUT2D eigenvalue weighted by Crippen LogP contribution is -2.04. The smallest absolute Gasteiger partial charge is 0.337 e. The minimum atomic E-state index is -1.03. The Hall–Kier alpha value is -1.67. The van der Waals surface area contributed by atoms with Gasteiger partial charge in [0.15, 0.2) is 0 Å². The maximum atomic E-state index is 11.3. The molecule has 0 aliphatic carbocycles. The van der Waals surface area contributed by atoms with Gasteiger partial charge >= 0.3 is 5.97 Å². The minimum absolute atomic E-state index is 0.141. The van der Waals surface area contributed by atoms with E-state index in [4.69, 9.17) is 11.6 Å². The highest BCUT2D eigenvalue weighted by Gasteiger charge is 2.17. The number of carbonyl (C=O) groups is 1. The third-order valence-electron chi connectivity index (χ3n) is 2.84. The molecule has 0 saturated carbocycles. The Kier molecular flexibility index (Phi) is 3.35. The Morgan fingerprint density at radius 2 is 2.10 bits per heavy atom. The molecule has 0 amide bonds. The SMILES string of the molecule is O=C(O)c1cccc2nnn(-c3ccc(I)cc3Cl)c12. The fourth-order valence-electron chi connectivity index (χ4n) is 1.97. The van der Waals surface area contributed by atoms with Gasteiger partial charge in [0.2, 0.25) is 0 Å². The summed E-state index contributed by atoms with van der Waals surface area (Å²) in [6, 6.07) is 10.3. The van der Waals surface area contributed by atoms with Crippen LogP contribution >= 0.6 is 34.2 Å². The molecule has 100 valence electrons. The summed E-state index contributed by atoms with van der Waals surface area (Å²) in [6.45, 7) is 0. The van der Waals surface area contributed by atoms with Crippen molar-refractivity contribution in [3.05, 3.63) is 50.6 Å². The van der Waals surface area contributed by atoms with Gasteiger partial charge in [0.05, 0.1) is 16.3 Å². The van der Waals surface area contributed by atoms with Crippen LogP contribution in [0.15, 0.2) is 36.4 Å². The van der Waals surface area contributed by atoms with E-state index in [1.165, 1.54) is 10.7 Å². The highest BCUT2D eigenvalue weighted by molar-refractivity contribution is 14.1. The lowest BCUT2D eigenvalue weighted by molar-refractivity contribution is 0.0698. The number of hydrogen-bond acceptors (Lipinski definition) is 3. The van der Waals surface area contributed by atoms with Crippen LogP contribution in [0.4, 0.5) is 0 Å². The predicted octanol–water partition coefficient (Wildman–Crippen LogP) is 3.38. The van der Waals surface area contributed by atoms with Gasteiger partial charge in [-0.2, -0.15) is 0 Å². The number of aromatic carboxylic acids is 1. The van der Waals surface area contributed by atoms with Gasteiger partial charge in [-0.25, -0.2) is 9.48 Å². The Balaban J connectivity index is 2.34. The molecule has 1 heterocycles. The van der Waals surface area contributed by atoms with Crippen LogP contribution in [0.1, 0.15) is 10.4 Å². The zero-order valence-electron chi connectivity index (χ0n) is 9.92. The largest absolute Gasteiger partial charge is 0.478 e. The fourth-order valence-corrected chi connectivity index (χ4v) is 2.90. The first-order chi connectivity index (χ1) is 9.58. The molecule has 0 fully saturated rings. The lowest BCUT2D eigenvalue weighted by Gasteiger charge is -2.06. The molecule has 0 saturated heterocycles. The molecule has 0 aliphatic heterocycles. The van der Waals surface area contributed by atoms with Gasteiger partial charge in [-0.05, 0) is 52.9 Å². The zero-order chi connectivity index (χ0) is 14.3. The summed E-state index contributed by atoms with van der Waals surface area (Å²) in [5, 5.41) is 17.8. The van der Waals surface area contributed by atoms with E-state index >= 15 is 0 Å². The third-order valence-corrected chi connectivity index (χ3v) is 3.81. The van der Waals surface area contributed by atoms with E-state index in [9.17, 15) is 9.90 Å². The second kappa shape index (κ2) is 5.02. The number of rotatable bonds is 2. The van der Waals surface area contributed by atoms with Crippen molar-refractivity contribution in [1.29, 1.82) is 0 Å². The van der Waals surface area contributed by atoms with E-state index in [0.29, 0.717) is 21.7 Å². The molecular formula is C13H7ClIN3O2. The van der Waals surface area contributed by atoms with E-state index in [-0.39, 0.29) is 5.56 Å². The lowest BCUT2D eigenvalue weighted by atomic mass is 10.2. The van der Waals surface area contributed by atoms with Gasteiger partial charge in [0, 0.05) is 3.57 Å². The third kappa shape index (κ3) is 2.14. The Labute approximate surface area is 132 Å². The number of para-hydroxylation sites is 1. The van der Waals surface area contributed by atoms with Crippen molar-refractivity contribution in [2.45, 2.75) is 0 Å². The maximum Gasteiger partial charge on any atom is 0.337 e. The summed E-state index contributed by atoms with van der Waals surface area (Å²) in [7, 11) is 0. The van der Waals surface area contributed by atoms with Crippen LogP contribution in [-0.2, 0) is 0 Å².